The zero-order chi connectivity index (χ0) is 16.9. The highest BCUT2D eigenvalue weighted by Crippen LogP contribution is 2.21. The molecule has 124 valence electrons. The quantitative estimate of drug-likeness (QED) is 0.667. The topological polar surface area (TPSA) is 98.5 Å². The van der Waals surface area contributed by atoms with Gasteiger partial charge in [0.25, 0.3) is 0 Å². The van der Waals surface area contributed by atoms with Crippen LogP contribution < -0.4 is 5.32 Å². The number of anilines is 1. The summed E-state index contributed by atoms with van der Waals surface area (Å²) in [5, 5.41) is 23.2. The average Bonchev–Trinajstić information content (AvgIpc) is 3.22. The van der Waals surface area contributed by atoms with Gasteiger partial charge in [-0.1, -0.05) is 42.2 Å². The van der Waals surface area contributed by atoms with Crippen LogP contribution >= 0.6 is 23.1 Å². The first-order valence-electron chi connectivity index (χ1n) is 6.95. The van der Waals surface area contributed by atoms with E-state index < -0.39 is 5.82 Å². The minimum absolute atomic E-state index is 0.0653. The molecule has 3 aromatic rings. The van der Waals surface area contributed by atoms with Crippen molar-refractivity contribution in [3.05, 3.63) is 35.1 Å². The molecule has 3 rings (SSSR count). The van der Waals surface area contributed by atoms with E-state index in [1.54, 1.807) is 18.2 Å². The number of nitrogens with one attached hydrogen (secondary N) is 1. The first-order valence-corrected chi connectivity index (χ1v) is 8.76. The first-order chi connectivity index (χ1) is 11.7. The van der Waals surface area contributed by atoms with Crippen LogP contribution in [0.1, 0.15) is 11.9 Å². The average molecular weight is 365 g/mol. The minimum atomic E-state index is -0.447. The molecule has 0 radical (unpaired) electrons. The van der Waals surface area contributed by atoms with Crippen molar-refractivity contribution >= 4 is 34.1 Å². The lowest BCUT2D eigenvalue weighted by molar-refractivity contribution is -0.113. The van der Waals surface area contributed by atoms with Crippen LogP contribution in [0.3, 0.4) is 0 Å². The van der Waals surface area contributed by atoms with Gasteiger partial charge in [0.15, 0.2) is 0 Å². The molecule has 1 amide bonds. The number of benzene rings is 1. The fourth-order valence-corrected chi connectivity index (χ4v) is 3.16. The van der Waals surface area contributed by atoms with E-state index in [2.05, 4.69) is 31.0 Å². The van der Waals surface area contributed by atoms with Gasteiger partial charge in [-0.25, -0.2) is 4.39 Å². The van der Waals surface area contributed by atoms with Crippen molar-refractivity contribution in [2.45, 2.75) is 18.5 Å². The van der Waals surface area contributed by atoms with Gasteiger partial charge in [-0.2, -0.15) is 4.68 Å². The molecule has 0 unspecified atom stereocenters. The van der Waals surface area contributed by atoms with Crippen molar-refractivity contribution in [1.29, 1.82) is 0 Å². The van der Waals surface area contributed by atoms with Crippen molar-refractivity contribution in [2.75, 3.05) is 11.1 Å². The maximum absolute atomic E-state index is 13.8. The van der Waals surface area contributed by atoms with E-state index in [4.69, 9.17) is 0 Å². The van der Waals surface area contributed by atoms with Gasteiger partial charge in [0.05, 0.1) is 5.75 Å². The number of carbonyl (C=O) groups excluding carboxylic acids is 1. The molecule has 1 aromatic carbocycles. The zero-order valence-electron chi connectivity index (χ0n) is 12.5. The molecule has 0 atom stereocenters. The summed E-state index contributed by atoms with van der Waals surface area (Å²) in [5.41, 5.74) is 0.224. The molecule has 0 aliphatic carbocycles. The number of carbonyl (C=O) groups is 1. The van der Waals surface area contributed by atoms with Crippen molar-refractivity contribution < 1.29 is 9.18 Å². The third-order valence-corrected chi connectivity index (χ3v) is 4.77. The number of halogens is 1. The molecule has 0 saturated carbocycles. The van der Waals surface area contributed by atoms with Crippen molar-refractivity contribution in [3.63, 3.8) is 0 Å². The van der Waals surface area contributed by atoms with Crippen molar-refractivity contribution in [3.8, 4) is 5.69 Å². The van der Waals surface area contributed by atoms with Crippen LogP contribution in [-0.4, -0.2) is 42.1 Å². The molecule has 0 saturated heterocycles. The number of hydrogen-bond donors (Lipinski definition) is 1. The number of para-hydroxylation sites is 1. The van der Waals surface area contributed by atoms with E-state index in [1.807, 2.05) is 6.92 Å². The van der Waals surface area contributed by atoms with Gasteiger partial charge in [0.1, 0.15) is 16.5 Å². The van der Waals surface area contributed by atoms with Crippen molar-refractivity contribution in [2.24, 2.45) is 0 Å². The summed E-state index contributed by atoms with van der Waals surface area (Å²) in [6, 6.07) is 6.14. The Labute approximate surface area is 144 Å². The summed E-state index contributed by atoms with van der Waals surface area (Å²) in [6.45, 7) is 1.96. The number of hydrogen-bond acceptors (Lipinski definition) is 8. The van der Waals surface area contributed by atoms with Gasteiger partial charge in [0.2, 0.25) is 16.2 Å². The van der Waals surface area contributed by atoms with Crippen LogP contribution in [0.2, 0.25) is 0 Å². The Kier molecular flexibility index (Phi) is 5.11. The second kappa shape index (κ2) is 7.45. The maximum atomic E-state index is 13.8. The van der Waals surface area contributed by atoms with Gasteiger partial charge >= 0.3 is 0 Å². The lowest BCUT2D eigenvalue weighted by Crippen LogP contribution is -2.14. The van der Waals surface area contributed by atoms with Gasteiger partial charge in [-0.15, -0.1) is 15.3 Å². The zero-order valence-corrected chi connectivity index (χ0v) is 14.1. The number of tetrazole rings is 1. The number of thioether (sulfide) groups is 1. The van der Waals surface area contributed by atoms with Gasteiger partial charge in [-0.3, -0.25) is 10.1 Å². The second-order valence-corrected chi connectivity index (χ2v) is 6.52. The van der Waals surface area contributed by atoms with E-state index in [0.29, 0.717) is 10.3 Å². The Morgan fingerprint density at radius 2 is 2.17 bits per heavy atom. The van der Waals surface area contributed by atoms with E-state index in [-0.39, 0.29) is 17.3 Å². The van der Waals surface area contributed by atoms with Crippen LogP contribution in [0.5, 0.6) is 0 Å². The predicted molar refractivity (Wildman–Crippen MR) is 87.8 cm³/mol. The molecule has 11 heteroatoms. The first kappa shape index (κ1) is 16.5. The van der Waals surface area contributed by atoms with Crippen LogP contribution in [0.25, 0.3) is 5.69 Å². The smallest absolute Gasteiger partial charge is 0.236 e. The maximum Gasteiger partial charge on any atom is 0.236 e. The van der Waals surface area contributed by atoms with Crippen LogP contribution in [-0.2, 0) is 11.2 Å². The number of aryl methyl sites for hydroxylation is 1. The van der Waals surface area contributed by atoms with E-state index in [1.165, 1.54) is 22.1 Å². The van der Waals surface area contributed by atoms with Crippen LogP contribution in [0, 0.1) is 5.82 Å². The monoisotopic (exact) mass is 365 g/mol. The third-order valence-electron chi connectivity index (χ3n) is 2.87. The largest absolute Gasteiger partial charge is 0.300 e. The molecule has 24 heavy (non-hydrogen) atoms. The number of rotatable bonds is 6. The Morgan fingerprint density at radius 1 is 1.33 bits per heavy atom. The summed E-state index contributed by atoms with van der Waals surface area (Å²) in [6.07, 6.45) is 0.764. The highest BCUT2D eigenvalue weighted by Gasteiger charge is 2.15. The van der Waals surface area contributed by atoms with Gasteiger partial charge in [-0.05, 0) is 29.0 Å². The Balaban J connectivity index is 1.64. The highest BCUT2D eigenvalue weighted by atomic mass is 32.2. The molecular formula is C13H12FN7OS2. The number of aromatic nitrogens is 6. The lowest BCUT2D eigenvalue weighted by atomic mass is 10.3. The minimum Gasteiger partial charge on any atom is -0.300 e. The Bertz CT molecular complexity index is 850. The predicted octanol–water partition coefficient (Wildman–Crippen LogP) is 1.95. The molecular weight excluding hydrogens is 353 g/mol. The van der Waals surface area contributed by atoms with Crippen LogP contribution in [0.15, 0.2) is 29.4 Å². The fraction of sp³-hybridized carbons (Fsp3) is 0.231. The van der Waals surface area contributed by atoms with E-state index in [0.717, 1.165) is 23.2 Å². The molecule has 0 aliphatic heterocycles. The molecule has 0 fully saturated rings. The fourth-order valence-electron chi connectivity index (χ4n) is 1.78. The molecule has 2 aromatic heterocycles. The van der Waals surface area contributed by atoms with Gasteiger partial charge in [0, 0.05) is 0 Å². The lowest BCUT2D eigenvalue weighted by Gasteiger charge is -2.05. The molecule has 2 heterocycles. The third kappa shape index (κ3) is 3.74. The summed E-state index contributed by atoms with van der Waals surface area (Å²) >= 11 is 2.43. The van der Waals surface area contributed by atoms with E-state index in [9.17, 15) is 9.18 Å². The summed E-state index contributed by atoms with van der Waals surface area (Å²) < 4.78 is 15.1. The molecule has 1 N–H and O–H groups in total. The molecule has 0 spiro atoms. The summed E-state index contributed by atoms with van der Waals surface area (Å²) in [4.78, 5) is 12.0. The SMILES string of the molecule is CCc1nnc(NC(=O)CSc2nnnn2-c2ccccc2F)s1. The summed E-state index contributed by atoms with van der Waals surface area (Å²) in [5.74, 6) is -0.644. The standard InChI is InChI=1S/C13H12FN7OS2/c1-2-11-16-17-12(24-11)15-10(22)7-23-13-18-19-20-21(13)9-6-4-3-5-8(9)14/h3-6H,2,7H2,1H3,(H,15,17,22). The highest BCUT2D eigenvalue weighted by molar-refractivity contribution is 7.99. The van der Waals surface area contributed by atoms with Crippen LogP contribution in [0.4, 0.5) is 9.52 Å². The molecule has 0 aliphatic rings. The summed E-state index contributed by atoms with van der Waals surface area (Å²) in [7, 11) is 0. The number of amides is 1. The normalized spacial score (nSPS) is 10.8. The van der Waals surface area contributed by atoms with Gasteiger partial charge < -0.3 is 0 Å². The Hall–Kier alpha value is -2.40. The molecule has 0 bridgehead atoms. The molecule has 8 nitrogen and oxygen atoms in total. The van der Waals surface area contributed by atoms with E-state index >= 15 is 0 Å². The second-order valence-electron chi connectivity index (χ2n) is 4.52. The van der Waals surface area contributed by atoms with Crippen molar-refractivity contribution in [1.82, 2.24) is 30.4 Å². The Morgan fingerprint density at radius 3 is 2.92 bits per heavy atom. The number of nitrogens with zero attached hydrogens (tertiary/aromatic N) is 6.